The number of hydrogen-bond acceptors (Lipinski definition) is 6. The number of alkyl halides is 3. The molecule has 30 heavy (non-hydrogen) atoms. The van der Waals surface area contributed by atoms with E-state index in [0.717, 1.165) is 12.1 Å². The van der Waals surface area contributed by atoms with Crippen LogP contribution in [0.15, 0.2) is 66.9 Å². The zero-order valence-electron chi connectivity index (χ0n) is 15.3. The van der Waals surface area contributed by atoms with Crippen molar-refractivity contribution >= 4 is 17.5 Å². The monoisotopic (exact) mass is 412 g/mol. The molecule has 0 saturated heterocycles. The lowest BCUT2D eigenvalue weighted by Crippen LogP contribution is -2.05. The maximum Gasteiger partial charge on any atom is 0.416 e. The van der Waals surface area contributed by atoms with Crippen LogP contribution < -0.4 is 15.8 Å². The lowest BCUT2D eigenvalue weighted by atomic mass is 10.2. The molecule has 10 heteroatoms. The molecule has 0 aliphatic carbocycles. The van der Waals surface area contributed by atoms with Crippen LogP contribution >= 0.6 is 0 Å². The maximum atomic E-state index is 12.9. The summed E-state index contributed by atoms with van der Waals surface area (Å²) in [5.41, 5.74) is 5.79. The Labute approximate surface area is 168 Å². The summed E-state index contributed by atoms with van der Waals surface area (Å²) in [6.45, 7) is 0. The van der Waals surface area contributed by atoms with Gasteiger partial charge in [-0.3, -0.25) is 5.10 Å². The number of nitrogen functional groups attached to an aromatic ring is 1. The lowest BCUT2D eigenvalue weighted by Gasteiger charge is -2.08. The van der Waals surface area contributed by atoms with Crippen molar-refractivity contribution < 1.29 is 17.9 Å². The second-order valence-electron chi connectivity index (χ2n) is 6.26. The fourth-order valence-electron chi connectivity index (χ4n) is 2.68. The van der Waals surface area contributed by atoms with E-state index in [-0.39, 0.29) is 11.6 Å². The summed E-state index contributed by atoms with van der Waals surface area (Å²) in [7, 11) is 0. The summed E-state index contributed by atoms with van der Waals surface area (Å²) < 4.78 is 44.3. The highest BCUT2D eigenvalue weighted by Crippen LogP contribution is 2.31. The van der Waals surface area contributed by atoms with Gasteiger partial charge in [-0.05, 0) is 36.4 Å². The molecule has 152 valence electrons. The van der Waals surface area contributed by atoms with Gasteiger partial charge in [0.2, 0.25) is 5.95 Å². The second-order valence-corrected chi connectivity index (χ2v) is 6.26. The Bertz CT molecular complexity index is 1170. The first-order valence-electron chi connectivity index (χ1n) is 8.73. The summed E-state index contributed by atoms with van der Waals surface area (Å²) in [4.78, 5) is 8.19. The number of anilines is 3. The van der Waals surface area contributed by atoms with Crippen molar-refractivity contribution in [1.82, 2.24) is 20.2 Å². The smallest absolute Gasteiger partial charge is 0.416 e. The van der Waals surface area contributed by atoms with Crippen LogP contribution in [0.4, 0.5) is 30.6 Å². The van der Waals surface area contributed by atoms with Gasteiger partial charge in [-0.15, -0.1) is 5.10 Å². The minimum Gasteiger partial charge on any atom is -0.457 e. The SMILES string of the molecule is Nc1cc(Oc2cccc(-c3nc(Nc4cccc(C(F)(F)F)c4)n[nH]3)c2)ccn1. The Kier molecular flexibility index (Phi) is 4.97. The predicted octanol–water partition coefficient (Wildman–Crippen LogP) is 5.00. The molecule has 2 heterocycles. The molecule has 0 saturated carbocycles. The Morgan fingerprint density at radius 3 is 2.57 bits per heavy atom. The van der Waals surface area contributed by atoms with Crippen LogP contribution in [-0.2, 0) is 6.18 Å². The molecule has 0 bridgehead atoms. The van der Waals surface area contributed by atoms with Crippen LogP contribution in [0.25, 0.3) is 11.4 Å². The third-order valence-electron chi connectivity index (χ3n) is 4.03. The van der Waals surface area contributed by atoms with Crippen molar-refractivity contribution in [2.45, 2.75) is 6.18 Å². The Hall–Kier alpha value is -4.08. The third-order valence-corrected chi connectivity index (χ3v) is 4.03. The van der Waals surface area contributed by atoms with Gasteiger partial charge in [0.1, 0.15) is 17.3 Å². The number of pyridine rings is 1. The highest BCUT2D eigenvalue weighted by molar-refractivity contribution is 5.61. The summed E-state index contributed by atoms with van der Waals surface area (Å²) in [6, 6.07) is 15.1. The number of benzene rings is 2. The zero-order chi connectivity index (χ0) is 21.1. The van der Waals surface area contributed by atoms with Crippen molar-refractivity contribution in [3.8, 4) is 22.9 Å². The third kappa shape index (κ3) is 4.49. The molecule has 4 rings (SSSR count). The minimum atomic E-state index is -4.43. The number of rotatable bonds is 5. The van der Waals surface area contributed by atoms with Crippen molar-refractivity contribution in [2.24, 2.45) is 0 Å². The molecule has 0 amide bonds. The number of nitrogens with zero attached hydrogens (tertiary/aromatic N) is 3. The fraction of sp³-hybridized carbons (Fsp3) is 0.0500. The molecule has 0 aliphatic rings. The minimum absolute atomic E-state index is 0.137. The van der Waals surface area contributed by atoms with E-state index in [0.29, 0.717) is 28.7 Å². The molecule has 4 N–H and O–H groups in total. The van der Waals surface area contributed by atoms with E-state index in [1.807, 2.05) is 0 Å². The number of nitrogens with one attached hydrogen (secondary N) is 2. The number of nitrogens with two attached hydrogens (primary N) is 1. The molecular weight excluding hydrogens is 397 g/mol. The van der Waals surface area contributed by atoms with Gasteiger partial charge in [0, 0.05) is 23.5 Å². The van der Waals surface area contributed by atoms with E-state index < -0.39 is 11.7 Å². The van der Waals surface area contributed by atoms with Gasteiger partial charge in [0.25, 0.3) is 0 Å². The molecule has 0 radical (unpaired) electrons. The molecule has 0 unspecified atom stereocenters. The summed E-state index contributed by atoms with van der Waals surface area (Å²) in [6.07, 6.45) is -2.89. The Balaban J connectivity index is 1.52. The van der Waals surface area contributed by atoms with Crippen LogP contribution in [0.2, 0.25) is 0 Å². The standard InChI is InChI=1S/C20H15F3N6O/c21-20(22,23)13-4-2-5-14(10-13)26-19-27-18(28-29-19)12-3-1-6-15(9-12)30-16-7-8-25-17(24)11-16/h1-11H,(H2,24,25)(H2,26,27,28,29). The molecular formula is C20H15F3N6O. The number of ether oxygens (including phenoxy) is 1. The summed E-state index contributed by atoms with van der Waals surface area (Å²) in [5, 5.41) is 9.53. The lowest BCUT2D eigenvalue weighted by molar-refractivity contribution is -0.137. The first-order valence-corrected chi connectivity index (χ1v) is 8.73. The number of H-pyrrole nitrogens is 1. The molecule has 0 fully saturated rings. The number of halogens is 3. The van der Waals surface area contributed by atoms with Crippen LogP contribution in [-0.4, -0.2) is 20.2 Å². The van der Waals surface area contributed by atoms with Crippen LogP contribution in [0, 0.1) is 0 Å². The topological polar surface area (TPSA) is 102 Å². The average molecular weight is 412 g/mol. The quantitative estimate of drug-likeness (QED) is 0.426. The van der Waals surface area contributed by atoms with Gasteiger partial charge in [-0.2, -0.15) is 18.2 Å². The normalized spacial score (nSPS) is 11.3. The van der Waals surface area contributed by atoms with Crippen molar-refractivity contribution in [3.63, 3.8) is 0 Å². The van der Waals surface area contributed by atoms with Gasteiger partial charge in [-0.25, -0.2) is 4.98 Å². The van der Waals surface area contributed by atoms with Gasteiger partial charge >= 0.3 is 6.18 Å². The molecule has 7 nitrogen and oxygen atoms in total. The van der Waals surface area contributed by atoms with Gasteiger partial charge in [0.05, 0.1) is 5.56 Å². The second kappa shape index (κ2) is 7.74. The maximum absolute atomic E-state index is 12.9. The van der Waals surface area contributed by atoms with E-state index >= 15 is 0 Å². The van der Waals surface area contributed by atoms with Gasteiger partial charge in [-0.1, -0.05) is 18.2 Å². The Morgan fingerprint density at radius 1 is 0.967 bits per heavy atom. The highest BCUT2D eigenvalue weighted by atomic mass is 19.4. The molecule has 4 aromatic rings. The van der Waals surface area contributed by atoms with Crippen molar-refractivity contribution in [2.75, 3.05) is 11.1 Å². The number of hydrogen-bond donors (Lipinski definition) is 3. The summed E-state index contributed by atoms with van der Waals surface area (Å²) in [5.74, 6) is 1.97. The van der Waals surface area contributed by atoms with Crippen LogP contribution in [0.1, 0.15) is 5.56 Å². The molecule has 2 aromatic carbocycles. The van der Waals surface area contributed by atoms with E-state index in [1.165, 1.54) is 18.3 Å². The van der Waals surface area contributed by atoms with E-state index in [9.17, 15) is 13.2 Å². The molecule has 0 atom stereocenters. The van der Waals surface area contributed by atoms with Crippen molar-refractivity contribution in [3.05, 3.63) is 72.4 Å². The fourth-order valence-corrected chi connectivity index (χ4v) is 2.68. The van der Waals surface area contributed by atoms with Crippen LogP contribution in [0.5, 0.6) is 11.5 Å². The van der Waals surface area contributed by atoms with E-state index in [4.69, 9.17) is 10.5 Å². The molecule has 0 spiro atoms. The first kappa shape index (κ1) is 19.2. The zero-order valence-corrected chi connectivity index (χ0v) is 15.3. The van der Waals surface area contributed by atoms with Gasteiger partial charge < -0.3 is 15.8 Å². The average Bonchev–Trinajstić information content (AvgIpc) is 3.16. The first-order chi connectivity index (χ1) is 14.4. The van der Waals surface area contributed by atoms with Crippen LogP contribution in [0.3, 0.4) is 0 Å². The van der Waals surface area contributed by atoms with Gasteiger partial charge in [0.15, 0.2) is 5.82 Å². The van der Waals surface area contributed by atoms with Crippen molar-refractivity contribution in [1.29, 1.82) is 0 Å². The predicted molar refractivity (Wildman–Crippen MR) is 105 cm³/mol. The van der Waals surface area contributed by atoms with E-state index in [1.54, 1.807) is 36.4 Å². The summed E-state index contributed by atoms with van der Waals surface area (Å²) >= 11 is 0. The highest BCUT2D eigenvalue weighted by Gasteiger charge is 2.30. The largest absolute Gasteiger partial charge is 0.457 e. The Morgan fingerprint density at radius 2 is 1.77 bits per heavy atom. The van der Waals surface area contributed by atoms with E-state index in [2.05, 4.69) is 25.5 Å². The molecule has 0 aliphatic heterocycles. The number of aromatic nitrogens is 4. The molecule has 2 aromatic heterocycles. The number of aromatic amines is 1.